The molecule has 1 aromatic heterocycles. The number of aromatic nitrogens is 1. The number of pyridine rings is 1. The Bertz CT molecular complexity index is 797. The van der Waals surface area contributed by atoms with Crippen LogP contribution in [0.25, 0.3) is 0 Å². The number of nitrogens with zero attached hydrogens (tertiary/aromatic N) is 2. The lowest BCUT2D eigenvalue weighted by atomic mass is 9.91. The molecule has 1 aromatic carbocycles. The number of carbonyl (C=O) groups is 1. The van der Waals surface area contributed by atoms with E-state index in [1.807, 2.05) is 24.0 Å². The maximum absolute atomic E-state index is 12.9. The SMILES string of the molecule is Cc1ccncc1C(O)C1CCCCN1C(=O)Cc1ccc(Cl)c(Cl)c1. The van der Waals surface area contributed by atoms with Gasteiger partial charge >= 0.3 is 0 Å². The molecule has 26 heavy (non-hydrogen) atoms. The van der Waals surface area contributed by atoms with Gasteiger partial charge in [-0.1, -0.05) is 29.3 Å². The molecule has 6 heteroatoms. The van der Waals surface area contributed by atoms with Gasteiger partial charge in [0.25, 0.3) is 0 Å². The van der Waals surface area contributed by atoms with Gasteiger partial charge in [-0.3, -0.25) is 9.78 Å². The van der Waals surface area contributed by atoms with Crippen LogP contribution in [0.4, 0.5) is 0 Å². The number of carbonyl (C=O) groups excluding carboxylic acids is 1. The van der Waals surface area contributed by atoms with E-state index in [1.54, 1.807) is 24.5 Å². The zero-order chi connectivity index (χ0) is 18.7. The zero-order valence-corrected chi connectivity index (χ0v) is 16.2. The second-order valence-corrected chi connectivity index (χ2v) is 7.57. The highest BCUT2D eigenvalue weighted by Gasteiger charge is 2.33. The highest BCUT2D eigenvalue weighted by molar-refractivity contribution is 6.42. The largest absolute Gasteiger partial charge is 0.386 e. The van der Waals surface area contributed by atoms with E-state index >= 15 is 0 Å². The number of aliphatic hydroxyl groups is 1. The van der Waals surface area contributed by atoms with E-state index in [1.165, 1.54) is 0 Å². The Morgan fingerprint density at radius 3 is 2.85 bits per heavy atom. The van der Waals surface area contributed by atoms with E-state index < -0.39 is 6.10 Å². The average Bonchev–Trinajstić information content (AvgIpc) is 2.64. The number of rotatable bonds is 4. The van der Waals surface area contributed by atoms with Crippen LogP contribution in [0.5, 0.6) is 0 Å². The van der Waals surface area contributed by atoms with Crippen molar-refractivity contribution >= 4 is 29.1 Å². The molecule has 0 bridgehead atoms. The molecular formula is C20H22Cl2N2O2. The second kappa shape index (κ2) is 8.38. The smallest absolute Gasteiger partial charge is 0.227 e. The quantitative estimate of drug-likeness (QED) is 0.840. The van der Waals surface area contributed by atoms with Gasteiger partial charge in [-0.15, -0.1) is 0 Å². The van der Waals surface area contributed by atoms with Crippen molar-refractivity contribution < 1.29 is 9.90 Å². The molecule has 1 fully saturated rings. The minimum Gasteiger partial charge on any atom is -0.386 e. The number of benzene rings is 1. The number of aliphatic hydroxyl groups excluding tert-OH is 1. The Labute approximate surface area is 163 Å². The highest BCUT2D eigenvalue weighted by Crippen LogP contribution is 2.31. The van der Waals surface area contributed by atoms with Crippen LogP contribution in [-0.4, -0.2) is 33.5 Å². The number of hydrogen-bond acceptors (Lipinski definition) is 3. The van der Waals surface area contributed by atoms with Crippen LogP contribution in [0.2, 0.25) is 10.0 Å². The van der Waals surface area contributed by atoms with Gasteiger partial charge < -0.3 is 10.0 Å². The normalized spacial score (nSPS) is 18.6. The van der Waals surface area contributed by atoms with Crippen LogP contribution in [0.15, 0.2) is 36.7 Å². The fourth-order valence-corrected chi connectivity index (χ4v) is 3.83. The van der Waals surface area contributed by atoms with E-state index in [2.05, 4.69) is 4.98 Å². The summed E-state index contributed by atoms with van der Waals surface area (Å²) in [5, 5.41) is 11.8. The Balaban J connectivity index is 1.78. The zero-order valence-electron chi connectivity index (χ0n) is 14.7. The molecule has 0 aliphatic carbocycles. The summed E-state index contributed by atoms with van der Waals surface area (Å²) in [7, 11) is 0. The van der Waals surface area contributed by atoms with Crippen LogP contribution in [0, 0.1) is 6.92 Å². The van der Waals surface area contributed by atoms with Crippen molar-refractivity contribution in [2.24, 2.45) is 0 Å². The molecule has 1 N–H and O–H groups in total. The lowest BCUT2D eigenvalue weighted by Crippen LogP contribution is -2.47. The minimum atomic E-state index is -0.734. The van der Waals surface area contributed by atoms with Crippen LogP contribution < -0.4 is 0 Å². The van der Waals surface area contributed by atoms with Gasteiger partial charge in [-0.25, -0.2) is 0 Å². The summed E-state index contributed by atoms with van der Waals surface area (Å²) in [4.78, 5) is 18.9. The molecule has 1 amide bonds. The average molecular weight is 393 g/mol. The third kappa shape index (κ3) is 4.20. The molecule has 2 heterocycles. The van der Waals surface area contributed by atoms with Crippen molar-refractivity contribution in [3.63, 3.8) is 0 Å². The van der Waals surface area contributed by atoms with Crippen molar-refractivity contribution in [2.75, 3.05) is 6.54 Å². The summed E-state index contributed by atoms with van der Waals surface area (Å²) in [6.45, 7) is 2.60. The van der Waals surface area contributed by atoms with Crippen molar-refractivity contribution in [2.45, 2.75) is 44.8 Å². The summed E-state index contributed by atoms with van der Waals surface area (Å²) in [6.07, 6.45) is 5.63. The molecule has 2 aromatic rings. The van der Waals surface area contributed by atoms with Gasteiger partial charge in [-0.2, -0.15) is 0 Å². The monoisotopic (exact) mass is 392 g/mol. The maximum atomic E-state index is 12.9. The number of aryl methyl sites for hydroxylation is 1. The van der Waals surface area contributed by atoms with E-state index in [9.17, 15) is 9.90 Å². The highest BCUT2D eigenvalue weighted by atomic mass is 35.5. The summed E-state index contributed by atoms with van der Waals surface area (Å²) < 4.78 is 0. The summed E-state index contributed by atoms with van der Waals surface area (Å²) in [6, 6.07) is 6.88. The van der Waals surface area contributed by atoms with Crippen LogP contribution in [0.1, 0.15) is 42.1 Å². The summed E-state index contributed by atoms with van der Waals surface area (Å²) in [5.41, 5.74) is 2.59. The minimum absolute atomic E-state index is 0.00585. The number of halogens is 2. The predicted molar refractivity (Wildman–Crippen MR) is 103 cm³/mol. The van der Waals surface area contributed by atoms with E-state index in [4.69, 9.17) is 23.2 Å². The molecule has 1 aliphatic rings. The van der Waals surface area contributed by atoms with E-state index in [0.717, 1.165) is 36.0 Å². The molecule has 2 unspecified atom stereocenters. The van der Waals surface area contributed by atoms with Crippen molar-refractivity contribution in [3.8, 4) is 0 Å². The first-order valence-electron chi connectivity index (χ1n) is 8.79. The molecule has 0 saturated carbocycles. The second-order valence-electron chi connectivity index (χ2n) is 6.75. The Morgan fingerprint density at radius 1 is 1.31 bits per heavy atom. The number of likely N-dealkylation sites (tertiary alicyclic amines) is 1. The number of amides is 1. The van der Waals surface area contributed by atoms with E-state index in [0.29, 0.717) is 16.6 Å². The van der Waals surface area contributed by atoms with Gasteiger partial charge in [0.05, 0.1) is 22.5 Å². The third-order valence-corrected chi connectivity index (χ3v) is 5.71. The van der Waals surface area contributed by atoms with Gasteiger partial charge in [-0.05, 0) is 55.5 Å². The fraction of sp³-hybridized carbons (Fsp3) is 0.400. The van der Waals surface area contributed by atoms with Crippen molar-refractivity contribution in [1.82, 2.24) is 9.88 Å². The predicted octanol–water partition coefficient (Wildman–Crippen LogP) is 4.35. The van der Waals surface area contributed by atoms with Gasteiger partial charge in [0.1, 0.15) is 6.10 Å². The molecule has 0 spiro atoms. The van der Waals surface area contributed by atoms with Crippen LogP contribution in [0.3, 0.4) is 0 Å². The standard InChI is InChI=1S/C20H22Cl2N2O2/c1-13-7-8-23-12-15(13)20(26)18-4-2-3-9-24(18)19(25)11-14-5-6-16(21)17(22)10-14/h5-8,10,12,18,20,26H,2-4,9,11H2,1H3. The molecule has 1 aliphatic heterocycles. The van der Waals surface area contributed by atoms with Crippen molar-refractivity contribution in [1.29, 1.82) is 0 Å². The molecule has 2 atom stereocenters. The van der Waals surface area contributed by atoms with E-state index in [-0.39, 0.29) is 18.4 Å². The third-order valence-electron chi connectivity index (χ3n) is 4.97. The Kier molecular flexibility index (Phi) is 6.17. The summed E-state index contributed by atoms with van der Waals surface area (Å²) in [5.74, 6) is -0.00585. The molecular weight excluding hydrogens is 371 g/mol. The van der Waals surface area contributed by atoms with Gasteiger partial charge in [0.15, 0.2) is 0 Å². The molecule has 3 rings (SSSR count). The van der Waals surface area contributed by atoms with Crippen LogP contribution in [-0.2, 0) is 11.2 Å². The number of piperidine rings is 1. The Morgan fingerprint density at radius 2 is 2.12 bits per heavy atom. The van der Waals surface area contributed by atoms with Crippen molar-refractivity contribution in [3.05, 3.63) is 63.4 Å². The maximum Gasteiger partial charge on any atom is 0.227 e. The molecule has 4 nitrogen and oxygen atoms in total. The number of hydrogen-bond donors (Lipinski definition) is 1. The Hall–Kier alpha value is -1.62. The molecule has 0 radical (unpaired) electrons. The first-order chi connectivity index (χ1) is 12.5. The van der Waals surface area contributed by atoms with Crippen LogP contribution >= 0.6 is 23.2 Å². The summed E-state index contributed by atoms with van der Waals surface area (Å²) >= 11 is 12.0. The van der Waals surface area contributed by atoms with Gasteiger partial charge in [0, 0.05) is 24.5 Å². The lowest BCUT2D eigenvalue weighted by Gasteiger charge is -2.39. The first kappa shape index (κ1) is 19.2. The lowest BCUT2D eigenvalue weighted by molar-refractivity contribution is -0.137. The van der Waals surface area contributed by atoms with Gasteiger partial charge in [0.2, 0.25) is 5.91 Å². The molecule has 1 saturated heterocycles. The first-order valence-corrected chi connectivity index (χ1v) is 9.55. The molecule has 138 valence electrons. The topological polar surface area (TPSA) is 53.4 Å². The fourth-order valence-electron chi connectivity index (χ4n) is 3.51.